The lowest BCUT2D eigenvalue weighted by atomic mass is 10.3. The van der Waals surface area contributed by atoms with E-state index in [-0.39, 0.29) is 0 Å². The molecule has 0 N–H and O–H groups in total. The molecule has 0 aromatic carbocycles. The number of rotatable bonds is 1. The maximum Gasteiger partial charge on any atom is 0.126 e. The fourth-order valence-corrected chi connectivity index (χ4v) is 3.19. The third-order valence-corrected chi connectivity index (χ3v) is 4.32. The van der Waals surface area contributed by atoms with Crippen molar-refractivity contribution in [3.8, 4) is 0 Å². The third-order valence-electron chi connectivity index (χ3n) is 1.74. The second kappa shape index (κ2) is 3.06. The van der Waals surface area contributed by atoms with Crippen LogP contribution in [0, 0.1) is 0 Å². The zero-order chi connectivity index (χ0) is 6.69. The topological polar surface area (TPSA) is 17.1 Å². The smallest absolute Gasteiger partial charge is 0.126 e. The number of hydrogen-bond donors (Lipinski definition) is 0. The molecule has 0 aromatic rings. The Kier molecular flexibility index (Phi) is 2.34. The van der Waals surface area contributed by atoms with E-state index >= 15 is 0 Å². The van der Waals surface area contributed by atoms with Crippen molar-refractivity contribution in [2.24, 2.45) is 0 Å². The molecule has 50 valence electrons. The summed E-state index contributed by atoms with van der Waals surface area (Å²) in [5.74, 6) is 0. The summed E-state index contributed by atoms with van der Waals surface area (Å²) in [7, 11) is -0.629. The highest BCUT2D eigenvalue weighted by Crippen LogP contribution is 2.05. The summed E-state index contributed by atoms with van der Waals surface area (Å²) in [4.78, 5) is 10.8. The van der Waals surface area contributed by atoms with Crippen molar-refractivity contribution < 1.29 is 4.79 Å². The molecule has 0 saturated heterocycles. The Morgan fingerprint density at radius 2 is 2.33 bits per heavy atom. The molecule has 0 saturated carbocycles. The van der Waals surface area contributed by atoms with Gasteiger partial charge in [-0.3, -0.25) is 0 Å². The van der Waals surface area contributed by atoms with Gasteiger partial charge in [-0.1, -0.05) is 18.5 Å². The zero-order valence-electron chi connectivity index (χ0n) is 5.81. The lowest BCUT2D eigenvalue weighted by molar-refractivity contribution is -0.110. The fraction of sp³-hybridized carbons (Fsp3) is 0.714. The van der Waals surface area contributed by atoms with E-state index in [2.05, 4.69) is 5.67 Å². The first-order valence-electron chi connectivity index (χ1n) is 3.50. The van der Waals surface area contributed by atoms with Crippen LogP contribution in [-0.2, 0) is 4.79 Å². The van der Waals surface area contributed by atoms with Crippen molar-refractivity contribution in [3.63, 3.8) is 0 Å². The molecule has 0 spiro atoms. The second-order valence-electron chi connectivity index (χ2n) is 2.53. The van der Waals surface area contributed by atoms with Crippen molar-refractivity contribution in [3.05, 3.63) is 0 Å². The molecule has 0 unspecified atom stereocenters. The van der Waals surface area contributed by atoms with Crippen molar-refractivity contribution >= 4 is 19.5 Å². The molecule has 1 aliphatic rings. The molecule has 0 aromatic heterocycles. The summed E-state index contributed by atoms with van der Waals surface area (Å²) in [6, 6.07) is 1.19. The fourth-order valence-electron chi connectivity index (χ4n) is 1.16. The monoisotopic (exact) mass is 140 g/mol. The Hall–Kier alpha value is -0.243. The highest BCUT2D eigenvalue weighted by molar-refractivity contribution is 6.93. The van der Waals surface area contributed by atoms with Gasteiger partial charge < -0.3 is 4.79 Å². The predicted octanol–water partition coefficient (Wildman–Crippen LogP) is 1.18. The SMILES string of the molecule is CC(=O)[Si]1=CCCCC1. The Bertz CT molecular complexity index is 149. The lowest BCUT2D eigenvalue weighted by Crippen LogP contribution is -2.18. The summed E-state index contributed by atoms with van der Waals surface area (Å²) in [6.07, 6.45) is 3.78. The molecule has 0 amide bonds. The van der Waals surface area contributed by atoms with Gasteiger partial charge in [-0.2, -0.15) is 0 Å². The zero-order valence-corrected chi connectivity index (χ0v) is 6.81. The maximum absolute atomic E-state index is 10.8. The molecule has 1 heterocycles. The summed E-state index contributed by atoms with van der Waals surface area (Å²) in [5.41, 5.74) is 2.26. The molecule has 0 bridgehead atoms. The van der Waals surface area contributed by atoms with Crippen LogP contribution in [0.5, 0.6) is 0 Å². The lowest BCUT2D eigenvalue weighted by Gasteiger charge is -2.06. The highest BCUT2D eigenvalue weighted by atomic mass is 28.2. The standard InChI is InChI=1S/C7H12OSi/c1-7(8)9-5-3-2-4-6-9/h5H,2-4,6H2,1H3. The van der Waals surface area contributed by atoms with Crippen LogP contribution >= 0.6 is 0 Å². The van der Waals surface area contributed by atoms with E-state index in [1.807, 2.05) is 0 Å². The first-order chi connectivity index (χ1) is 4.30. The molecule has 0 aliphatic carbocycles. The van der Waals surface area contributed by atoms with Crippen molar-refractivity contribution in [2.75, 3.05) is 0 Å². The van der Waals surface area contributed by atoms with Gasteiger partial charge in [0.15, 0.2) is 0 Å². The van der Waals surface area contributed by atoms with Crippen molar-refractivity contribution in [2.45, 2.75) is 32.2 Å². The first-order valence-corrected chi connectivity index (χ1v) is 5.29. The van der Waals surface area contributed by atoms with E-state index in [9.17, 15) is 4.79 Å². The summed E-state index contributed by atoms with van der Waals surface area (Å²) in [6.45, 7) is 1.73. The predicted molar refractivity (Wildman–Crippen MR) is 41.2 cm³/mol. The summed E-state index contributed by atoms with van der Waals surface area (Å²) in [5, 5.41) is 0.444. The minimum absolute atomic E-state index is 0.444. The molecule has 0 radical (unpaired) electrons. The molecule has 2 heteroatoms. The van der Waals surface area contributed by atoms with Gasteiger partial charge in [0.2, 0.25) is 0 Å². The van der Waals surface area contributed by atoms with E-state index in [4.69, 9.17) is 0 Å². The van der Waals surface area contributed by atoms with Gasteiger partial charge in [0.25, 0.3) is 0 Å². The molecule has 9 heavy (non-hydrogen) atoms. The van der Waals surface area contributed by atoms with Crippen LogP contribution in [0.3, 0.4) is 0 Å². The molecular weight excluding hydrogens is 128 g/mol. The molecule has 1 aliphatic heterocycles. The van der Waals surface area contributed by atoms with Gasteiger partial charge in [0.05, 0.1) is 8.41 Å². The van der Waals surface area contributed by atoms with Crippen LogP contribution in [-0.4, -0.2) is 19.5 Å². The van der Waals surface area contributed by atoms with Gasteiger partial charge in [-0.25, -0.2) is 0 Å². The Balaban J connectivity index is 2.57. The summed E-state index contributed by atoms with van der Waals surface area (Å²) < 4.78 is 0. The van der Waals surface area contributed by atoms with Crippen LogP contribution in [0.25, 0.3) is 0 Å². The maximum atomic E-state index is 10.8. The molecule has 1 rings (SSSR count). The van der Waals surface area contributed by atoms with Gasteiger partial charge in [0, 0.05) is 0 Å². The van der Waals surface area contributed by atoms with E-state index in [1.165, 1.54) is 25.3 Å². The van der Waals surface area contributed by atoms with E-state index in [0.717, 1.165) is 0 Å². The van der Waals surface area contributed by atoms with Crippen LogP contribution in [0.4, 0.5) is 0 Å². The van der Waals surface area contributed by atoms with Crippen molar-refractivity contribution in [1.82, 2.24) is 0 Å². The normalized spacial score (nSPS) is 19.0. The Morgan fingerprint density at radius 3 is 2.67 bits per heavy atom. The number of carbonyl (C=O) groups excluding carboxylic acids is 1. The van der Waals surface area contributed by atoms with Gasteiger partial charge in [-0.05, 0) is 19.4 Å². The van der Waals surface area contributed by atoms with E-state index < -0.39 is 8.41 Å². The van der Waals surface area contributed by atoms with E-state index in [1.54, 1.807) is 6.92 Å². The quantitative estimate of drug-likeness (QED) is 0.500. The molecule has 1 nitrogen and oxygen atoms in total. The second-order valence-corrected chi connectivity index (χ2v) is 5.19. The highest BCUT2D eigenvalue weighted by Gasteiger charge is 2.07. The molecular formula is C7H12OSi. The first kappa shape index (κ1) is 6.87. The van der Waals surface area contributed by atoms with Crippen LogP contribution in [0.15, 0.2) is 0 Å². The average molecular weight is 140 g/mol. The van der Waals surface area contributed by atoms with Gasteiger partial charge in [0.1, 0.15) is 5.41 Å². The van der Waals surface area contributed by atoms with Crippen molar-refractivity contribution in [1.29, 1.82) is 0 Å². The number of hydrogen-bond acceptors (Lipinski definition) is 1. The minimum Gasteiger partial charge on any atom is -0.301 e. The average Bonchev–Trinajstić information content (AvgIpc) is 1.90. The van der Waals surface area contributed by atoms with Gasteiger partial charge >= 0.3 is 0 Å². The number of carbonyl (C=O) groups is 1. The third kappa shape index (κ3) is 1.86. The largest absolute Gasteiger partial charge is 0.301 e. The van der Waals surface area contributed by atoms with Crippen LogP contribution < -0.4 is 0 Å². The van der Waals surface area contributed by atoms with Gasteiger partial charge in [-0.15, -0.1) is 0 Å². The van der Waals surface area contributed by atoms with Crippen LogP contribution in [0.2, 0.25) is 6.04 Å². The Labute approximate surface area is 57.3 Å². The summed E-state index contributed by atoms with van der Waals surface area (Å²) >= 11 is 0. The van der Waals surface area contributed by atoms with Crippen LogP contribution in [0.1, 0.15) is 26.2 Å². The minimum atomic E-state index is -0.629. The van der Waals surface area contributed by atoms with E-state index in [0.29, 0.717) is 5.41 Å². The Morgan fingerprint density at radius 1 is 1.56 bits per heavy atom. The molecule has 0 fully saturated rings. The molecule has 0 atom stereocenters.